The van der Waals surface area contributed by atoms with Gasteiger partial charge in [-0.05, 0) is 44.9 Å². The lowest BCUT2D eigenvalue weighted by Crippen LogP contribution is -2.29. The van der Waals surface area contributed by atoms with Crippen molar-refractivity contribution in [2.45, 2.75) is 53.0 Å². The van der Waals surface area contributed by atoms with Gasteiger partial charge in [0, 0.05) is 5.56 Å². The fourth-order valence-corrected chi connectivity index (χ4v) is 4.93. The molecule has 0 radical (unpaired) electrons. The van der Waals surface area contributed by atoms with Crippen LogP contribution in [-0.2, 0) is 9.59 Å². The molecule has 1 aromatic heterocycles. The Morgan fingerprint density at radius 1 is 1.00 bits per heavy atom. The first-order valence-electron chi connectivity index (χ1n) is 12.4. The van der Waals surface area contributed by atoms with Gasteiger partial charge in [-0.3, -0.25) is 14.5 Å². The lowest BCUT2D eigenvalue weighted by atomic mass is 9.95. The molecule has 0 saturated carbocycles. The number of amides is 1. The molecule has 1 amide bonds. The SMILES string of the molecule is CCCCCOc1ccc(C2C(=C(O)c3ccc(C)cc3)C(=O)C(=O)N2c2nnc(C)s2)cc1OCC. The molecule has 37 heavy (non-hydrogen) atoms. The molecular formula is C28H31N3O5S. The van der Waals surface area contributed by atoms with Crippen LogP contribution in [0.5, 0.6) is 11.5 Å². The van der Waals surface area contributed by atoms with Crippen molar-refractivity contribution >= 4 is 33.9 Å². The predicted octanol–water partition coefficient (Wildman–Crippen LogP) is 5.75. The molecule has 2 aromatic carbocycles. The minimum atomic E-state index is -0.915. The van der Waals surface area contributed by atoms with Crippen molar-refractivity contribution in [1.82, 2.24) is 10.2 Å². The number of carbonyl (C=O) groups is 2. The van der Waals surface area contributed by atoms with E-state index in [0.717, 1.165) is 24.8 Å². The van der Waals surface area contributed by atoms with Crippen LogP contribution in [0.3, 0.4) is 0 Å². The van der Waals surface area contributed by atoms with Crippen LogP contribution in [0.15, 0.2) is 48.0 Å². The average molecular weight is 522 g/mol. The minimum absolute atomic E-state index is 0.0132. The van der Waals surface area contributed by atoms with Crippen molar-refractivity contribution in [3.63, 3.8) is 0 Å². The number of benzene rings is 2. The zero-order chi connectivity index (χ0) is 26.5. The van der Waals surface area contributed by atoms with E-state index in [1.54, 1.807) is 37.3 Å². The molecule has 0 spiro atoms. The van der Waals surface area contributed by atoms with E-state index in [4.69, 9.17) is 9.47 Å². The van der Waals surface area contributed by atoms with E-state index in [1.807, 2.05) is 26.0 Å². The summed E-state index contributed by atoms with van der Waals surface area (Å²) in [5.41, 5.74) is 2.03. The summed E-state index contributed by atoms with van der Waals surface area (Å²) in [4.78, 5) is 27.9. The molecule has 1 aliphatic rings. The first kappa shape index (κ1) is 26.3. The largest absolute Gasteiger partial charge is 0.507 e. The highest BCUT2D eigenvalue weighted by Crippen LogP contribution is 2.44. The van der Waals surface area contributed by atoms with E-state index in [2.05, 4.69) is 17.1 Å². The third-order valence-electron chi connectivity index (χ3n) is 6.08. The number of aromatic nitrogens is 2. The van der Waals surface area contributed by atoms with Gasteiger partial charge in [-0.15, -0.1) is 10.2 Å². The molecule has 1 aliphatic heterocycles. The molecule has 194 valence electrons. The summed E-state index contributed by atoms with van der Waals surface area (Å²) in [6.45, 7) is 8.68. The van der Waals surface area contributed by atoms with E-state index < -0.39 is 17.7 Å². The second-order valence-corrected chi connectivity index (χ2v) is 9.99. The van der Waals surface area contributed by atoms with E-state index in [1.165, 1.54) is 16.2 Å². The molecule has 1 saturated heterocycles. The van der Waals surface area contributed by atoms with Crippen LogP contribution in [0.25, 0.3) is 5.76 Å². The van der Waals surface area contributed by atoms with Gasteiger partial charge in [-0.2, -0.15) is 0 Å². The number of ether oxygens (including phenoxy) is 2. The number of hydrogen-bond acceptors (Lipinski definition) is 8. The monoisotopic (exact) mass is 521 g/mol. The Morgan fingerprint density at radius 2 is 1.76 bits per heavy atom. The van der Waals surface area contributed by atoms with E-state index >= 15 is 0 Å². The molecule has 4 rings (SSSR count). The van der Waals surface area contributed by atoms with Crippen molar-refractivity contribution in [3.05, 3.63) is 69.7 Å². The van der Waals surface area contributed by atoms with Crippen LogP contribution < -0.4 is 14.4 Å². The van der Waals surface area contributed by atoms with Gasteiger partial charge >= 0.3 is 5.91 Å². The average Bonchev–Trinajstić information content (AvgIpc) is 3.43. The second-order valence-electron chi connectivity index (χ2n) is 8.83. The van der Waals surface area contributed by atoms with Crippen molar-refractivity contribution in [2.24, 2.45) is 0 Å². The Bertz CT molecular complexity index is 1320. The van der Waals surface area contributed by atoms with Gasteiger partial charge in [-0.25, -0.2) is 0 Å². The number of Topliss-reactive ketones (excluding diaryl/α,β-unsaturated/α-hetero) is 1. The van der Waals surface area contributed by atoms with Gasteiger partial charge < -0.3 is 14.6 Å². The van der Waals surface area contributed by atoms with Gasteiger partial charge in [0.15, 0.2) is 11.5 Å². The Morgan fingerprint density at radius 3 is 2.41 bits per heavy atom. The van der Waals surface area contributed by atoms with Crippen LogP contribution in [0.1, 0.15) is 60.8 Å². The molecule has 1 atom stereocenters. The summed E-state index contributed by atoms with van der Waals surface area (Å²) < 4.78 is 11.8. The molecule has 8 nitrogen and oxygen atoms in total. The van der Waals surface area contributed by atoms with E-state index in [0.29, 0.717) is 40.8 Å². The van der Waals surface area contributed by atoms with Gasteiger partial charge in [0.2, 0.25) is 5.13 Å². The molecule has 9 heteroatoms. The van der Waals surface area contributed by atoms with Gasteiger partial charge in [-0.1, -0.05) is 67.0 Å². The standard InChI is InChI=1S/C28H31N3O5S/c1-5-7-8-15-36-21-14-13-20(16-22(21)35-6-2)24-23(25(32)19-11-9-17(3)10-12-19)26(33)27(34)31(24)28-30-29-18(4)37-28/h9-14,16,24,32H,5-8,15H2,1-4H3. The van der Waals surface area contributed by atoms with Crippen LogP contribution in [-0.4, -0.2) is 40.2 Å². The number of aliphatic hydroxyl groups is 1. The fraction of sp³-hybridized carbons (Fsp3) is 0.357. The summed E-state index contributed by atoms with van der Waals surface area (Å²) in [5, 5.41) is 20.4. The van der Waals surface area contributed by atoms with Crippen LogP contribution in [0, 0.1) is 13.8 Å². The number of anilines is 1. The summed E-state index contributed by atoms with van der Waals surface area (Å²) in [7, 11) is 0. The number of aliphatic hydroxyl groups excluding tert-OH is 1. The molecule has 1 fully saturated rings. The van der Waals surface area contributed by atoms with Gasteiger partial charge in [0.05, 0.1) is 24.8 Å². The zero-order valence-electron chi connectivity index (χ0n) is 21.5. The second kappa shape index (κ2) is 11.6. The quantitative estimate of drug-likeness (QED) is 0.157. The molecule has 1 unspecified atom stereocenters. The molecule has 2 heterocycles. The first-order valence-corrected chi connectivity index (χ1v) is 13.2. The summed E-state index contributed by atoms with van der Waals surface area (Å²) in [6, 6.07) is 11.5. The van der Waals surface area contributed by atoms with Gasteiger partial charge in [0.25, 0.3) is 5.78 Å². The molecule has 0 bridgehead atoms. The Hall–Kier alpha value is -3.72. The number of rotatable bonds is 10. The zero-order valence-corrected chi connectivity index (χ0v) is 22.3. The lowest BCUT2D eigenvalue weighted by molar-refractivity contribution is -0.132. The molecular weight excluding hydrogens is 490 g/mol. The topological polar surface area (TPSA) is 102 Å². The third kappa shape index (κ3) is 5.51. The van der Waals surface area contributed by atoms with Crippen molar-refractivity contribution in [1.29, 1.82) is 0 Å². The molecule has 0 aliphatic carbocycles. The highest BCUT2D eigenvalue weighted by atomic mass is 32.1. The molecule has 3 aromatic rings. The van der Waals surface area contributed by atoms with Crippen molar-refractivity contribution < 1.29 is 24.2 Å². The fourth-order valence-electron chi connectivity index (χ4n) is 4.21. The van der Waals surface area contributed by atoms with Crippen LogP contribution >= 0.6 is 11.3 Å². The maximum absolute atomic E-state index is 13.3. The Labute approximate surface area is 220 Å². The van der Waals surface area contributed by atoms with Crippen LogP contribution in [0.2, 0.25) is 0 Å². The number of unbranched alkanes of at least 4 members (excludes halogenated alkanes) is 2. The predicted molar refractivity (Wildman–Crippen MR) is 143 cm³/mol. The number of nitrogens with zero attached hydrogens (tertiary/aromatic N) is 3. The highest BCUT2D eigenvalue weighted by Gasteiger charge is 2.48. The summed E-state index contributed by atoms with van der Waals surface area (Å²) in [5.74, 6) is -0.707. The maximum atomic E-state index is 13.3. The number of aryl methyl sites for hydroxylation is 2. The number of carbonyl (C=O) groups excluding carboxylic acids is 2. The lowest BCUT2D eigenvalue weighted by Gasteiger charge is -2.23. The summed E-state index contributed by atoms with van der Waals surface area (Å²) >= 11 is 1.20. The normalized spacial score (nSPS) is 16.9. The highest BCUT2D eigenvalue weighted by molar-refractivity contribution is 7.15. The number of hydrogen-bond donors (Lipinski definition) is 1. The minimum Gasteiger partial charge on any atom is -0.507 e. The third-order valence-corrected chi connectivity index (χ3v) is 6.92. The van der Waals surface area contributed by atoms with Crippen LogP contribution in [0.4, 0.5) is 5.13 Å². The number of ketones is 1. The van der Waals surface area contributed by atoms with E-state index in [9.17, 15) is 14.7 Å². The Balaban J connectivity index is 1.84. The summed E-state index contributed by atoms with van der Waals surface area (Å²) in [6.07, 6.45) is 3.08. The van der Waals surface area contributed by atoms with E-state index in [-0.39, 0.29) is 16.5 Å². The first-order chi connectivity index (χ1) is 17.8. The maximum Gasteiger partial charge on any atom is 0.301 e. The van der Waals surface area contributed by atoms with Gasteiger partial charge in [0.1, 0.15) is 10.8 Å². The van der Waals surface area contributed by atoms with Crippen molar-refractivity contribution in [3.8, 4) is 11.5 Å². The smallest absolute Gasteiger partial charge is 0.301 e. The Kier molecular flexibility index (Phi) is 8.23. The van der Waals surface area contributed by atoms with Crippen molar-refractivity contribution in [2.75, 3.05) is 18.1 Å². The molecule has 1 N–H and O–H groups in total.